The highest BCUT2D eigenvalue weighted by Crippen LogP contribution is 2.43. The van der Waals surface area contributed by atoms with Gasteiger partial charge in [0.2, 0.25) is 0 Å². The van der Waals surface area contributed by atoms with E-state index in [1.54, 1.807) is 0 Å². The van der Waals surface area contributed by atoms with Crippen LogP contribution in [-0.2, 0) is 0 Å². The average Bonchev–Trinajstić information content (AvgIpc) is 3.57. The molecular weight excluding hydrogens is 643 g/mol. The molecule has 0 N–H and O–H groups in total. The van der Waals surface area contributed by atoms with E-state index in [2.05, 4.69) is 194 Å². The van der Waals surface area contributed by atoms with Crippen molar-refractivity contribution in [2.75, 3.05) is 4.90 Å². The van der Waals surface area contributed by atoms with Crippen molar-refractivity contribution < 1.29 is 4.42 Å². The van der Waals surface area contributed by atoms with Crippen LogP contribution in [0, 0.1) is 6.92 Å². The number of nitrogens with zero attached hydrogens (tertiary/aromatic N) is 1. The van der Waals surface area contributed by atoms with Gasteiger partial charge in [0.25, 0.3) is 0 Å². The molecule has 2 heteroatoms. The molecule has 9 aromatic carbocycles. The molecule has 0 unspecified atom stereocenters. The van der Waals surface area contributed by atoms with Gasteiger partial charge < -0.3 is 9.32 Å². The highest BCUT2D eigenvalue weighted by atomic mass is 16.3. The summed E-state index contributed by atoms with van der Waals surface area (Å²) in [5.74, 6) is 0.922. The lowest BCUT2D eigenvalue weighted by molar-refractivity contribution is 0.629. The van der Waals surface area contributed by atoms with Crippen LogP contribution >= 0.6 is 0 Å². The van der Waals surface area contributed by atoms with Crippen molar-refractivity contribution in [2.24, 2.45) is 0 Å². The van der Waals surface area contributed by atoms with Gasteiger partial charge in [0, 0.05) is 33.3 Å². The molecule has 0 spiro atoms. The van der Waals surface area contributed by atoms with Crippen LogP contribution in [-0.4, -0.2) is 0 Å². The highest BCUT2D eigenvalue weighted by molar-refractivity contribution is 6.14. The molecular formula is C51H35NO. The molecule has 53 heavy (non-hydrogen) atoms. The van der Waals surface area contributed by atoms with E-state index in [4.69, 9.17) is 4.42 Å². The maximum Gasteiger partial charge on any atom is 0.138 e. The van der Waals surface area contributed by atoms with Gasteiger partial charge in [-0.05, 0) is 98.6 Å². The number of furan rings is 1. The minimum Gasteiger partial charge on any atom is -0.456 e. The first-order chi connectivity index (χ1) is 26.2. The maximum atomic E-state index is 6.34. The SMILES string of the molecule is Cc1c(-c2cccc(-c3ccc(N(c4ccc(-c5cccc6ccccc56)cc4)c4cc5ccccc5c5ccccc45)cc3)c2)oc2ccccc12. The Hall–Kier alpha value is -6.90. The molecule has 0 aliphatic carbocycles. The summed E-state index contributed by atoms with van der Waals surface area (Å²) in [4.78, 5) is 2.40. The highest BCUT2D eigenvalue weighted by Gasteiger charge is 2.19. The van der Waals surface area contributed by atoms with Crippen LogP contribution in [0.2, 0.25) is 0 Å². The molecule has 0 atom stereocenters. The van der Waals surface area contributed by atoms with Crippen molar-refractivity contribution in [3.63, 3.8) is 0 Å². The Morgan fingerprint density at radius 1 is 0.377 bits per heavy atom. The predicted molar refractivity (Wildman–Crippen MR) is 224 cm³/mol. The summed E-state index contributed by atoms with van der Waals surface area (Å²) in [6.45, 7) is 2.14. The van der Waals surface area contributed by atoms with Crippen molar-refractivity contribution >= 4 is 60.3 Å². The molecule has 0 saturated carbocycles. The van der Waals surface area contributed by atoms with Crippen LogP contribution in [0.5, 0.6) is 0 Å². The van der Waals surface area contributed by atoms with Gasteiger partial charge >= 0.3 is 0 Å². The second-order valence-corrected chi connectivity index (χ2v) is 13.8. The smallest absolute Gasteiger partial charge is 0.138 e. The number of anilines is 3. The molecule has 0 radical (unpaired) electrons. The fourth-order valence-corrected chi connectivity index (χ4v) is 8.01. The van der Waals surface area contributed by atoms with E-state index in [0.717, 1.165) is 56.0 Å². The molecule has 0 amide bonds. The lowest BCUT2D eigenvalue weighted by atomic mass is 9.97. The van der Waals surface area contributed by atoms with Crippen molar-refractivity contribution in [1.29, 1.82) is 0 Å². The number of hydrogen-bond acceptors (Lipinski definition) is 2. The largest absolute Gasteiger partial charge is 0.456 e. The fraction of sp³-hybridized carbons (Fsp3) is 0.0196. The number of fused-ring (bicyclic) bond motifs is 5. The van der Waals surface area contributed by atoms with Crippen molar-refractivity contribution in [2.45, 2.75) is 6.92 Å². The molecule has 0 aliphatic rings. The summed E-state index contributed by atoms with van der Waals surface area (Å²) in [7, 11) is 0. The minimum absolute atomic E-state index is 0.918. The summed E-state index contributed by atoms with van der Waals surface area (Å²) in [5.41, 5.74) is 11.2. The number of aryl methyl sites for hydroxylation is 1. The zero-order chi connectivity index (χ0) is 35.3. The normalized spacial score (nSPS) is 11.5. The van der Waals surface area contributed by atoms with Gasteiger partial charge in [0.05, 0.1) is 5.69 Å². The zero-order valence-corrected chi connectivity index (χ0v) is 29.3. The van der Waals surface area contributed by atoms with Crippen LogP contribution in [0.4, 0.5) is 17.1 Å². The van der Waals surface area contributed by atoms with E-state index in [9.17, 15) is 0 Å². The molecule has 0 saturated heterocycles. The van der Waals surface area contributed by atoms with Gasteiger partial charge in [-0.2, -0.15) is 0 Å². The van der Waals surface area contributed by atoms with E-state index < -0.39 is 0 Å². The Bertz CT molecular complexity index is 2950. The van der Waals surface area contributed by atoms with Gasteiger partial charge in [-0.3, -0.25) is 0 Å². The first-order valence-corrected chi connectivity index (χ1v) is 18.2. The molecule has 10 aromatic rings. The maximum absolute atomic E-state index is 6.34. The molecule has 0 aliphatic heterocycles. The first-order valence-electron chi connectivity index (χ1n) is 18.2. The van der Waals surface area contributed by atoms with Crippen LogP contribution in [0.1, 0.15) is 5.56 Å². The quantitative estimate of drug-likeness (QED) is 0.163. The molecule has 1 aromatic heterocycles. The van der Waals surface area contributed by atoms with Gasteiger partial charge in [-0.25, -0.2) is 0 Å². The van der Waals surface area contributed by atoms with Crippen molar-refractivity contribution in [1.82, 2.24) is 0 Å². The van der Waals surface area contributed by atoms with E-state index >= 15 is 0 Å². The predicted octanol–water partition coefficient (Wildman–Crippen LogP) is 14.7. The Kier molecular flexibility index (Phi) is 7.40. The summed E-state index contributed by atoms with van der Waals surface area (Å²) in [6, 6.07) is 69.9. The molecule has 2 nitrogen and oxygen atoms in total. The van der Waals surface area contributed by atoms with Gasteiger partial charge in [-0.1, -0.05) is 152 Å². The second-order valence-electron chi connectivity index (χ2n) is 13.8. The second kappa shape index (κ2) is 12.7. The third kappa shape index (κ3) is 5.35. The summed E-state index contributed by atoms with van der Waals surface area (Å²) >= 11 is 0. The monoisotopic (exact) mass is 677 g/mol. The molecule has 0 fully saturated rings. The minimum atomic E-state index is 0.918. The summed E-state index contributed by atoms with van der Waals surface area (Å²) < 4.78 is 6.34. The Morgan fingerprint density at radius 3 is 1.70 bits per heavy atom. The summed E-state index contributed by atoms with van der Waals surface area (Å²) in [5, 5.41) is 8.59. The Labute approximate surface area is 308 Å². The summed E-state index contributed by atoms with van der Waals surface area (Å²) in [6.07, 6.45) is 0. The van der Waals surface area contributed by atoms with Crippen molar-refractivity contribution in [3.8, 4) is 33.6 Å². The van der Waals surface area contributed by atoms with Gasteiger partial charge in [0.1, 0.15) is 11.3 Å². The van der Waals surface area contributed by atoms with Crippen LogP contribution < -0.4 is 4.90 Å². The van der Waals surface area contributed by atoms with E-state index in [0.29, 0.717) is 0 Å². The molecule has 1 heterocycles. The average molecular weight is 678 g/mol. The number of rotatable bonds is 6. The fourth-order valence-electron chi connectivity index (χ4n) is 8.01. The van der Waals surface area contributed by atoms with Crippen LogP contribution in [0.25, 0.3) is 76.9 Å². The van der Waals surface area contributed by atoms with Gasteiger partial charge in [0.15, 0.2) is 0 Å². The third-order valence-corrected chi connectivity index (χ3v) is 10.6. The van der Waals surface area contributed by atoms with E-state index in [-0.39, 0.29) is 0 Å². The van der Waals surface area contributed by atoms with E-state index in [1.165, 1.54) is 43.4 Å². The topological polar surface area (TPSA) is 16.4 Å². The molecule has 0 bridgehead atoms. The number of hydrogen-bond donors (Lipinski definition) is 0. The molecule has 250 valence electrons. The Balaban J connectivity index is 1.09. The zero-order valence-electron chi connectivity index (χ0n) is 29.3. The van der Waals surface area contributed by atoms with E-state index in [1.807, 2.05) is 12.1 Å². The van der Waals surface area contributed by atoms with Crippen molar-refractivity contribution in [3.05, 3.63) is 200 Å². The Morgan fingerprint density at radius 2 is 0.943 bits per heavy atom. The van der Waals surface area contributed by atoms with Gasteiger partial charge in [-0.15, -0.1) is 0 Å². The standard InChI is InChI=1S/C51H35NO/c1-34-43-17-8-9-23-50(43)53-51(34)40-16-10-15-38(32-40)35-24-28-41(29-25-35)52(49-33-39-13-3-5-19-46(39)47-20-6-7-21-48(47)49)42-30-26-37(27-31-42)45-22-11-14-36-12-2-4-18-44(36)45/h2-33H,1H3. The van der Waals surface area contributed by atoms with Crippen LogP contribution in [0.3, 0.4) is 0 Å². The lowest BCUT2D eigenvalue weighted by Gasteiger charge is -2.28. The number of benzene rings is 9. The third-order valence-electron chi connectivity index (χ3n) is 10.6. The van der Waals surface area contributed by atoms with Crippen LogP contribution in [0.15, 0.2) is 199 Å². The number of para-hydroxylation sites is 1. The molecule has 10 rings (SSSR count). The first kappa shape index (κ1) is 30.9. The lowest BCUT2D eigenvalue weighted by Crippen LogP contribution is -2.10.